The second-order valence-corrected chi connectivity index (χ2v) is 15.7. The van der Waals surface area contributed by atoms with Crippen LogP contribution in [-0.2, 0) is 27.4 Å². The molecule has 51 heavy (non-hydrogen) atoms. The van der Waals surface area contributed by atoms with Gasteiger partial charge in [-0.1, -0.05) is 231 Å². The van der Waals surface area contributed by atoms with E-state index in [1.54, 1.807) is 0 Å². The Kier molecular flexibility index (Phi) is 37.9. The van der Waals surface area contributed by atoms with Gasteiger partial charge in [-0.05, 0) is 24.0 Å². The molecule has 0 aliphatic carbocycles. The Bertz CT molecular complexity index is 741. The van der Waals surface area contributed by atoms with Gasteiger partial charge in [0.2, 0.25) is 0 Å². The molecule has 0 unspecified atom stereocenters. The molecule has 0 radical (unpaired) electrons. The van der Waals surface area contributed by atoms with Gasteiger partial charge < -0.3 is 19.3 Å². The maximum absolute atomic E-state index is 9.34. The molecule has 0 bridgehead atoms. The molecule has 1 rings (SSSR count). The highest BCUT2D eigenvalue weighted by molar-refractivity contribution is 5.21. The fourth-order valence-electron chi connectivity index (χ4n) is 7.03. The van der Waals surface area contributed by atoms with E-state index in [4.69, 9.17) is 14.2 Å². The zero-order valence-corrected chi connectivity index (χ0v) is 34.4. The number of aliphatic hydroxyl groups is 1. The third-order valence-corrected chi connectivity index (χ3v) is 10.6. The standard InChI is InChI=1S/C47H88O4/c1-3-5-7-9-11-13-15-17-19-21-23-25-27-29-31-33-39-49-43-47(51-42-46-37-35-45(41-48)36-38-46)44-50-40-34-32-30-28-26-24-22-20-18-16-14-12-10-8-6-4-2/h35-38,47-48H,3-34,39-44H2,1-2H3. The Balaban J connectivity index is 2.05. The van der Waals surface area contributed by atoms with Gasteiger partial charge in [-0.25, -0.2) is 0 Å². The minimum atomic E-state index is -0.0513. The van der Waals surface area contributed by atoms with Crippen LogP contribution in [0.4, 0.5) is 0 Å². The molecule has 1 N–H and O–H groups in total. The largest absolute Gasteiger partial charge is 0.392 e. The maximum Gasteiger partial charge on any atom is 0.105 e. The summed E-state index contributed by atoms with van der Waals surface area (Å²) in [6.07, 6.45) is 44.3. The van der Waals surface area contributed by atoms with Gasteiger partial charge in [-0.3, -0.25) is 0 Å². The number of hydrogen-bond acceptors (Lipinski definition) is 4. The summed E-state index contributed by atoms with van der Waals surface area (Å²) in [4.78, 5) is 0. The molecule has 0 aliphatic rings. The number of hydrogen-bond donors (Lipinski definition) is 1. The normalized spacial score (nSPS) is 11.7. The van der Waals surface area contributed by atoms with Crippen LogP contribution < -0.4 is 0 Å². The predicted molar refractivity (Wildman–Crippen MR) is 222 cm³/mol. The molecule has 4 nitrogen and oxygen atoms in total. The molecule has 0 saturated carbocycles. The maximum atomic E-state index is 9.34. The smallest absolute Gasteiger partial charge is 0.105 e. The highest BCUT2D eigenvalue weighted by Gasteiger charge is 2.11. The van der Waals surface area contributed by atoms with Gasteiger partial charge in [0, 0.05) is 13.2 Å². The van der Waals surface area contributed by atoms with Crippen LogP contribution in [0.3, 0.4) is 0 Å². The monoisotopic (exact) mass is 717 g/mol. The molecular weight excluding hydrogens is 629 g/mol. The van der Waals surface area contributed by atoms with Crippen molar-refractivity contribution in [3.8, 4) is 0 Å². The summed E-state index contributed by atoms with van der Waals surface area (Å²) in [5, 5.41) is 9.34. The van der Waals surface area contributed by atoms with Crippen molar-refractivity contribution in [2.75, 3.05) is 26.4 Å². The molecule has 0 saturated heterocycles. The summed E-state index contributed by atoms with van der Waals surface area (Å²) in [5.41, 5.74) is 2.05. The summed E-state index contributed by atoms with van der Waals surface area (Å²) in [5.74, 6) is 0. The Labute approximate surface area is 319 Å². The van der Waals surface area contributed by atoms with Crippen LogP contribution in [0.2, 0.25) is 0 Å². The van der Waals surface area contributed by atoms with E-state index >= 15 is 0 Å². The quantitative estimate of drug-likeness (QED) is 0.0684. The van der Waals surface area contributed by atoms with Gasteiger partial charge in [-0.15, -0.1) is 0 Å². The lowest BCUT2D eigenvalue weighted by atomic mass is 10.0. The summed E-state index contributed by atoms with van der Waals surface area (Å²) in [6.45, 7) is 8.00. The molecule has 0 amide bonds. The van der Waals surface area contributed by atoms with E-state index in [0.29, 0.717) is 19.8 Å². The molecule has 0 aromatic heterocycles. The van der Waals surface area contributed by atoms with Crippen molar-refractivity contribution in [2.24, 2.45) is 0 Å². The molecule has 0 aliphatic heterocycles. The van der Waals surface area contributed by atoms with Crippen molar-refractivity contribution in [1.29, 1.82) is 0 Å². The fraction of sp³-hybridized carbons (Fsp3) is 0.872. The average Bonchev–Trinajstić information content (AvgIpc) is 3.15. The van der Waals surface area contributed by atoms with Gasteiger partial charge in [0.05, 0.1) is 26.4 Å². The fourth-order valence-corrected chi connectivity index (χ4v) is 7.03. The van der Waals surface area contributed by atoms with Crippen molar-refractivity contribution < 1.29 is 19.3 Å². The first kappa shape index (κ1) is 48.1. The molecule has 0 heterocycles. The van der Waals surface area contributed by atoms with Crippen molar-refractivity contribution in [3.05, 3.63) is 35.4 Å². The molecule has 0 spiro atoms. The van der Waals surface area contributed by atoms with Gasteiger partial charge in [0.25, 0.3) is 0 Å². The molecule has 4 heteroatoms. The topological polar surface area (TPSA) is 47.9 Å². The zero-order valence-electron chi connectivity index (χ0n) is 34.4. The zero-order chi connectivity index (χ0) is 36.6. The molecular formula is C47H88O4. The van der Waals surface area contributed by atoms with Crippen molar-refractivity contribution in [3.63, 3.8) is 0 Å². The summed E-state index contributed by atoms with van der Waals surface area (Å²) in [6, 6.07) is 8.01. The number of aliphatic hydroxyl groups excluding tert-OH is 1. The number of benzene rings is 1. The van der Waals surface area contributed by atoms with Crippen molar-refractivity contribution >= 4 is 0 Å². The third kappa shape index (κ3) is 34.6. The van der Waals surface area contributed by atoms with Gasteiger partial charge >= 0.3 is 0 Å². The molecule has 300 valence electrons. The van der Waals surface area contributed by atoms with E-state index in [0.717, 1.165) is 37.2 Å². The minimum absolute atomic E-state index is 0.0513. The molecule has 0 fully saturated rings. The molecule has 1 aromatic carbocycles. The lowest BCUT2D eigenvalue weighted by Gasteiger charge is -2.19. The van der Waals surface area contributed by atoms with Gasteiger partial charge in [0.15, 0.2) is 0 Å². The van der Waals surface area contributed by atoms with Gasteiger partial charge in [-0.2, -0.15) is 0 Å². The lowest BCUT2D eigenvalue weighted by molar-refractivity contribution is -0.0674. The predicted octanol–water partition coefficient (Wildman–Crippen LogP) is 14.6. The van der Waals surface area contributed by atoms with Crippen molar-refractivity contribution in [2.45, 2.75) is 239 Å². The van der Waals surface area contributed by atoms with Crippen LogP contribution in [0.1, 0.15) is 230 Å². The first-order valence-electron chi connectivity index (χ1n) is 22.8. The Morgan fingerprint density at radius 2 is 0.667 bits per heavy atom. The van der Waals surface area contributed by atoms with Gasteiger partial charge in [0.1, 0.15) is 6.10 Å². The molecule has 0 atom stereocenters. The van der Waals surface area contributed by atoms with E-state index in [1.807, 2.05) is 24.3 Å². The number of ether oxygens (including phenoxy) is 3. The Hall–Kier alpha value is -0.940. The number of rotatable bonds is 42. The second kappa shape index (κ2) is 40.2. The van der Waals surface area contributed by atoms with Crippen LogP contribution in [0.25, 0.3) is 0 Å². The number of unbranched alkanes of at least 4 members (excludes halogenated alkanes) is 30. The van der Waals surface area contributed by atoms with Crippen LogP contribution in [0.5, 0.6) is 0 Å². The van der Waals surface area contributed by atoms with E-state index in [-0.39, 0.29) is 12.7 Å². The van der Waals surface area contributed by atoms with E-state index in [1.165, 1.54) is 193 Å². The van der Waals surface area contributed by atoms with Crippen molar-refractivity contribution in [1.82, 2.24) is 0 Å². The van der Waals surface area contributed by atoms with E-state index in [2.05, 4.69) is 13.8 Å². The Morgan fingerprint density at radius 1 is 0.392 bits per heavy atom. The van der Waals surface area contributed by atoms with E-state index in [9.17, 15) is 5.11 Å². The SMILES string of the molecule is CCCCCCCCCCCCCCCCCCOCC(COCCCCCCCCCCCCCCCCCC)OCc1ccc(CO)cc1. The second-order valence-electron chi connectivity index (χ2n) is 15.7. The van der Waals surface area contributed by atoms with Crippen LogP contribution >= 0.6 is 0 Å². The summed E-state index contributed by atoms with van der Waals surface area (Å²) < 4.78 is 18.4. The molecule has 1 aromatic rings. The van der Waals surface area contributed by atoms with Crippen LogP contribution in [0.15, 0.2) is 24.3 Å². The van der Waals surface area contributed by atoms with Crippen LogP contribution in [0, 0.1) is 0 Å². The summed E-state index contributed by atoms with van der Waals surface area (Å²) in [7, 11) is 0. The lowest BCUT2D eigenvalue weighted by Crippen LogP contribution is -2.26. The highest BCUT2D eigenvalue weighted by atomic mass is 16.6. The first-order chi connectivity index (χ1) is 25.3. The summed E-state index contributed by atoms with van der Waals surface area (Å²) >= 11 is 0. The van der Waals surface area contributed by atoms with E-state index < -0.39 is 0 Å². The average molecular weight is 717 g/mol. The van der Waals surface area contributed by atoms with Crippen LogP contribution in [-0.4, -0.2) is 37.6 Å². The highest BCUT2D eigenvalue weighted by Crippen LogP contribution is 2.16. The Morgan fingerprint density at radius 3 is 0.961 bits per heavy atom. The first-order valence-corrected chi connectivity index (χ1v) is 22.8. The third-order valence-electron chi connectivity index (χ3n) is 10.6. The minimum Gasteiger partial charge on any atom is -0.392 e.